The summed E-state index contributed by atoms with van der Waals surface area (Å²) in [6.45, 7) is 3.81. The summed E-state index contributed by atoms with van der Waals surface area (Å²) in [6.07, 6.45) is 10.3. The van der Waals surface area contributed by atoms with Crippen molar-refractivity contribution in [1.29, 1.82) is 0 Å². The van der Waals surface area contributed by atoms with Crippen LogP contribution >= 0.6 is 0 Å². The van der Waals surface area contributed by atoms with Crippen molar-refractivity contribution in [3.05, 3.63) is 71.8 Å². The second-order valence-electron chi connectivity index (χ2n) is 10.7. The molecular formula is C36H46O6. The number of unbranched alkanes of at least 4 members (excludes halogenated alkanes) is 8. The lowest BCUT2D eigenvalue weighted by atomic mass is 10.1. The number of benzene rings is 2. The van der Waals surface area contributed by atoms with Crippen LogP contribution in [-0.4, -0.2) is 51.8 Å². The highest BCUT2D eigenvalue weighted by Gasteiger charge is 2.24. The van der Waals surface area contributed by atoms with Gasteiger partial charge in [0.05, 0.1) is 26.4 Å². The van der Waals surface area contributed by atoms with Gasteiger partial charge in [0.25, 0.3) is 0 Å². The first-order valence-electron chi connectivity index (χ1n) is 15.6. The van der Waals surface area contributed by atoms with E-state index in [0.29, 0.717) is 26.4 Å². The Kier molecular flexibility index (Phi) is 15.6. The Balaban J connectivity index is 0.882. The van der Waals surface area contributed by atoms with E-state index in [9.17, 15) is 0 Å². The molecular weight excluding hydrogens is 528 g/mol. The number of hydrogen-bond acceptors (Lipinski definition) is 6. The fraction of sp³-hybridized carbons (Fsp3) is 0.556. The Morgan fingerprint density at radius 3 is 1.29 bits per heavy atom. The first kappa shape index (κ1) is 32.2. The third kappa shape index (κ3) is 12.7. The monoisotopic (exact) mass is 574 g/mol. The summed E-state index contributed by atoms with van der Waals surface area (Å²) >= 11 is 0. The standard InChI is InChI=1S/C36H46O6/c1(3-5-7-9-11-19-25-37-33-27-39-35(40-28-33)31-21-15-13-16-22-31)2-4-6-8-10-12-20-26-38-34-29-41-36(42-30-34)32-23-17-14-18-24-32/h13-18,21-24,33-36H,5-12,19-20,25-30H2. The number of hydrogen-bond donors (Lipinski definition) is 0. The van der Waals surface area contributed by atoms with E-state index in [1.165, 1.54) is 0 Å². The van der Waals surface area contributed by atoms with Gasteiger partial charge in [0.2, 0.25) is 0 Å². The Morgan fingerprint density at radius 2 is 0.881 bits per heavy atom. The van der Waals surface area contributed by atoms with Crippen LogP contribution in [0.2, 0.25) is 0 Å². The molecule has 0 radical (unpaired) electrons. The Bertz CT molecular complexity index is 994. The minimum Gasteiger partial charge on any atom is -0.373 e. The fourth-order valence-electron chi connectivity index (χ4n) is 4.82. The van der Waals surface area contributed by atoms with Crippen molar-refractivity contribution in [2.24, 2.45) is 0 Å². The van der Waals surface area contributed by atoms with E-state index in [0.717, 1.165) is 88.5 Å². The topological polar surface area (TPSA) is 55.4 Å². The van der Waals surface area contributed by atoms with E-state index in [1.54, 1.807) is 0 Å². The molecule has 2 aromatic carbocycles. The highest BCUT2D eigenvalue weighted by molar-refractivity contribution is 5.25. The van der Waals surface area contributed by atoms with E-state index in [-0.39, 0.29) is 24.8 Å². The van der Waals surface area contributed by atoms with Gasteiger partial charge in [0.1, 0.15) is 12.2 Å². The summed E-state index contributed by atoms with van der Waals surface area (Å²) in [4.78, 5) is 0. The summed E-state index contributed by atoms with van der Waals surface area (Å²) in [5.74, 6) is 12.4. The zero-order valence-corrected chi connectivity index (χ0v) is 24.8. The molecule has 0 saturated carbocycles. The lowest BCUT2D eigenvalue weighted by Gasteiger charge is -2.29. The van der Waals surface area contributed by atoms with Crippen LogP contribution in [0.3, 0.4) is 0 Å². The quantitative estimate of drug-likeness (QED) is 0.157. The number of rotatable bonds is 16. The second kappa shape index (κ2) is 20.3. The van der Waals surface area contributed by atoms with Crippen molar-refractivity contribution in [2.45, 2.75) is 89.0 Å². The molecule has 0 atom stereocenters. The molecule has 0 aliphatic carbocycles. The molecule has 6 heteroatoms. The van der Waals surface area contributed by atoms with Gasteiger partial charge < -0.3 is 28.4 Å². The van der Waals surface area contributed by atoms with Crippen LogP contribution in [0.4, 0.5) is 0 Å². The SMILES string of the molecule is C(C#CCCCCCCOC1COC(c2ccccc2)OC1)#CCCCCCCOC1COC(c2ccccc2)OC1. The third-order valence-corrected chi connectivity index (χ3v) is 7.22. The van der Waals surface area contributed by atoms with Crippen molar-refractivity contribution in [3.8, 4) is 23.7 Å². The highest BCUT2D eigenvalue weighted by atomic mass is 16.7. The lowest BCUT2D eigenvalue weighted by molar-refractivity contribution is -0.230. The van der Waals surface area contributed by atoms with E-state index in [1.807, 2.05) is 60.7 Å². The fourth-order valence-corrected chi connectivity index (χ4v) is 4.82. The van der Waals surface area contributed by atoms with Crippen LogP contribution in [0.5, 0.6) is 0 Å². The lowest BCUT2D eigenvalue weighted by Crippen LogP contribution is -2.33. The maximum absolute atomic E-state index is 5.92. The van der Waals surface area contributed by atoms with Crippen molar-refractivity contribution >= 4 is 0 Å². The van der Waals surface area contributed by atoms with E-state index >= 15 is 0 Å². The van der Waals surface area contributed by atoms with E-state index in [4.69, 9.17) is 28.4 Å². The largest absolute Gasteiger partial charge is 0.373 e. The van der Waals surface area contributed by atoms with Crippen LogP contribution in [0.1, 0.15) is 87.9 Å². The molecule has 2 aliphatic heterocycles. The summed E-state index contributed by atoms with van der Waals surface area (Å²) in [6, 6.07) is 20.1. The highest BCUT2D eigenvalue weighted by Crippen LogP contribution is 2.24. The van der Waals surface area contributed by atoms with Crippen molar-refractivity contribution < 1.29 is 28.4 Å². The van der Waals surface area contributed by atoms with Gasteiger partial charge in [0, 0.05) is 37.2 Å². The van der Waals surface area contributed by atoms with Gasteiger partial charge in [-0.05, 0) is 37.5 Å². The normalized spacial score (nSPS) is 22.0. The van der Waals surface area contributed by atoms with Crippen LogP contribution in [0.25, 0.3) is 0 Å². The molecule has 42 heavy (non-hydrogen) atoms. The summed E-state index contributed by atoms with van der Waals surface area (Å²) < 4.78 is 35.1. The second-order valence-corrected chi connectivity index (χ2v) is 10.7. The van der Waals surface area contributed by atoms with Crippen molar-refractivity contribution in [2.75, 3.05) is 39.6 Å². The maximum Gasteiger partial charge on any atom is 0.184 e. The predicted molar refractivity (Wildman–Crippen MR) is 163 cm³/mol. The van der Waals surface area contributed by atoms with Gasteiger partial charge >= 0.3 is 0 Å². The summed E-state index contributed by atoms with van der Waals surface area (Å²) in [5.41, 5.74) is 2.11. The third-order valence-electron chi connectivity index (χ3n) is 7.22. The van der Waals surface area contributed by atoms with Crippen LogP contribution in [0.15, 0.2) is 60.7 Å². The molecule has 0 amide bonds. The summed E-state index contributed by atoms with van der Waals surface area (Å²) in [5, 5.41) is 0. The molecule has 2 aromatic rings. The molecule has 2 saturated heterocycles. The molecule has 4 rings (SSSR count). The zero-order valence-electron chi connectivity index (χ0n) is 24.8. The van der Waals surface area contributed by atoms with Gasteiger partial charge in [-0.15, -0.1) is 0 Å². The van der Waals surface area contributed by atoms with Gasteiger partial charge in [-0.25, -0.2) is 0 Å². The molecule has 0 spiro atoms. The smallest absolute Gasteiger partial charge is 0.184 e. The van der Waals surface area contributed by atoms with E-state index < -0.39 is 0 Å². The molecule has 0 unspecified atom stereocenters. The molecule has 2 heterocycles. The van der Waals surface area contributed by atoms with Gasteiger partial charge in [0.15, 0.2) is 12.6 Å². The molecule has 0 aromatic heterocycles. The Morgan fingerprint density at radius 1 is 0.500 bits per heavy atom. The Labute approximate surface area is 252 Å². The average Bonchev–Trinajstić information content (AvgIpc) is 3.05. The average molecular weight is 575 g/mol. The summed E-state index contributed by atoms with van der Waals surface area (Å²) in [7, 11) is 0. The van der Waals surface area contributed by atoms with Crippen molar-refractivity contribution in [3.63, 3.8) is 0 Å². The Hall–Kier alpha value is -2.68. The van der Waals surface area contributed by atoms with Crippen LogP contribution in [0, 0.1) is 23.7 Å². The number of ether oxygens (including phenoxy) is 6. The van der Waals surface area contributed by atoms with Gasteiger partial charge in [-0.1, -0.05) is 98.2 Å². The maximum atomic E-state index is 5.92. The first-order chi connectivity index (χ1) is 20.9. The predicted octanol–water partition coefficient (Wildman–Crippen LogP) is 7.16. The molecule has 0 bridgehead atoms. The van der Waals surface area contributed by atoms with Crippen LogP contribution < -0.4 is 0 Å². The molecule has 2 fully saturated rings. The molecule has 2 aliphatic rings. The zero-order chi connectivity index (χ0) is 28.9. The van der Waals surface area contributed by atoms with Gasteiger partial charge in [-0.3, -0.25) is 0 Å². The van der Waals surface area contributed by atoms with Crippen LogP contribution in [-0.2, 0) is 28.4 Å². The first-order valence-corrected chi connectivity index (χ1v) is 15.6. The minimum absolute atomic E-state index is 0.0232. The molecule has 0 N–H and O–H groups in total. The molecule has 6 nitrogen and oxygen atoms in total. The molecule has 226 valence electrons. The minimum atomic E-state index is -0.277. The van der Waals surface area contributed by atoms with E-state index in [2.05, 4.69) is 23.7 Å². The van der Waals surface area contributed by atoms with Gasteiger partial charge in [-0.2, -0.15) is 0 Å². The van der Waals surface area contributed by atoms with Crippen molar-refractivity contribution in [1.82, 2.24) is 0 Å².